The third-order valence-electron chi connectivity index (χ3n) is 4.78. The second kappa shape index (κ2) is 9.21. The van der Waals surface area contributed by atoms with Crippen LogP contribution in [0.25, 0.3) is 10.8 Å². The number of amides is 1. The molecule has 0 radical (unpaired) electrons. The van der Waals surface area contributed by atoms with Crippen LogP contribution in [0.15, 0.2) is 71.8 Å². The number of rotatable bonds is 6. The molecule has 0 aliphatic carbocycles. The summed E-state index contributed by atoms with van der Waals surface area (Å²) in [6.45, 7) is 3.23. The Morgan fingerprint density at radius 2 is 1.79 bits per heavy atom. The number of ether oxygens (including phenoxy) is 2. The molecule has 1 saturated heterocycles. The van der Waals surface area contributed by atoms with Gasteiger partial charge in [0, 0.05) is 24.2 Å². The molecule has 0 unspecified atom stereocenters. The highest BCUT2D eigenvalue weighted by molar-refractivity contribution is 5.89. The predicted octanol–water partition coefficient (Wildman–Crippen LogP) is 3.21. The number of carbonyl (C=O) groups is 1. The molecule has 1 aliphatic rings. The largest absolute Gasteiger partial charge is 0.483 e. The van der Waals surface area contributed by atoms with E-state index in [1.54, 1.807) is 6.21 Å². The van der Waals surface area contributed by atoms with Crippen molar-refractivity contribution in [2.75, 3.05) is 37.8 Å². The van der Waals surface area contributed by atoms with Crippen LogP contribution < -0.4 is 15.1 Å². The number of morpholine rings is 1. The lowest BCUT2D eigenvalue weighted by Crippen LogP contribution is -2.36. The van der Waals surface area contributed by atoms with Crippen LogP contribution in [0.2, 0.25) is 0 Å². The van der Waals surface area contributed by atoms with Gasteiger partial charge in [-0.1, -0.05) is 48.5 Å². The van der Waals surface area contributed by atoms with E-state index in [0.29, 0.717) is 5.75 Å². The quantitative estimate of drug-likeness (QED) is 0.519. The van der Waals surface area contributed by atoms with Crippen molar-refractivity contribution < 1.29 is 14.3 Å². The van der Waals surface area contributed by atoms with E-state index in [1.807, 2.05) is 54.6 Å². The van der Waals surface area contributed by atoms with Crippen LogP contribution in [0.1, 0.15) is 5.56 Å². The normalized spacial score (nSPS) is 14.3. The van der Waals surface area contributed by atoms with Crippen molar-refractivity contribution in [3.05, 3.63) is 72.3 Å². The Labute approximate surface area is 169 Å². The zero-order chi connectivity index (χ0) is 19.9. The maximum atomic E-state index is 12.0. The number of hydrogen-bond donors (Lipinski definition) is 1. The van der Waals surface area contributed by atoms with Gasteiger partial charge in [0.1, 0.15) is 5.75 Å². The van der Waals surface area contributed by atoms with E-state index in [1.165, 1.54) is 0 Å². The summed E-state index contributed by atoms with van der Waals surface area (Å²) in [6, 6.07) is 21.7. The summed E-state index contributed by atoms with van der Waals surface area (Å²) in [4.78, 5) is 14.3. The summed E-state index contributed by atoms with van der Waals surface area (Å²) < 4.78 is 11.0. The van der Waals surface area contributed by atoms with Crippen molar-refractivity contribution in [1.82, 2.24) is 5.43 Å². The van der Waals surface area contributed by atoms with E-state index >= 15 is 0 Å². The van der Waals surface area contributed by atoms with E-state index < -0.39 is 0 Å². The maximum Gasteiger partial charge on any atom is 0.277 e. The molecule has 1 N–H and O–H groups in total. The zero-order valence-electron chi connectivity index (χ0n) is 16.1. The second-order valence-corrected chi connectivity index (χ2v) is 6.75. The molecule has 1 amide bonds. The molecule has 0 atom stereocenters. The van der Waals surface area contributed by atoms with Gasteiger partial charge in [0.25, 0.3) is 5.91 Å². The van der Waals surface area contributed by atoms with E-state index in [-0.39, 0.29) is 12.5 Å². The fourth-order valence-electron chi connectivity index (χ4n) is 3.27. The minimum absolute atomic E-state index is 0.0959. The van der Waals surface area contributed by atoms with E-state index in [9.17, 15) is 4.79 Å². The maximum absolute atomic E-state index is 12.0. The monoisotopic (exact) mass is 389 g/mol. The molecule has 1 heterocycles. The number of nitrogens with one attached hydrogen (secondary N) is 1. The standard InChI is InChI=1S/C23H23N3O3/c27-23(17-29-22-7-3-5-19-4-1-2-6-21(19)22)25-24-16-18-8-10-20(11-9-18)26-12-14-28-15-13-26/h1-11,16H,12-15,17H2,(H,25,27)/b24-16+. The fraction of sp³-hybridized carbons (Fsp3) is 0.217. The number of carbonyl (C=O) groups excluding carboxylic acids is 1. The van der Waals surface area contributed by atoms with Gasteiger partial charge in [-0.05, 0) is 29.1 Å². The van der Waals surface area contributed by atoms with E-state index in [0.717, 1.165) is 48.3 Å². The zero-order valence-corrected chi connectivity index (χ0v) is 16.1. The topological polar surface area (TPSA) is 63.2 Å². The molecule has 6 nitrogen and oxygen atoms in total. The fourth-order valence-corrected chi connectivity index (χ4v) is 3.27. The van der Waals surface area contributed by atoms with Crippen molar-refractivity contribution in [1.29, 1.82) is 0 Å². The van der Waals surface area contributed by atoms with Gasteiger partial charge in [0.15, 0.2) is 6.61 Å². The minimum atomic E-state index is -0.306. The Morgan fingerprint density at radius 3 is 2.62 bits per heavy atom. The van der Waals surface area contributed by atoms with Crippen molar-refractivity contribution in [2.24, 2.45) is 5.10 Å². The summed E-state index contributed by atoms with van der Waals surface area (Å²) in [5.74, 6) is 0.375. The molecule has 0 bridgehead atoms. The summed E-state index contributed by atoms with van der Waals surface area (Å²) in [7, 11) is 0. The number of anilines is 1. The highest BCUT2D eigenvalue weighted by Crippen LogP contribution is 2.24. The highest BCUT2D eigenvalue weighted by Gasteiger charge is 2.10. The van der Waals surface area contributed by atoms with E-state index in [4.69, 9.17) is 9.47 Å². The van der Waals surface area contributed by atoms with Crippen molar-refractivity contribution in [3.63, 3.8) is 0 Å². The molecule has 1 aliphatic heterocycles. The van der Waals surface area contributed by atoms with Gasteiger partial charge in [0.05, 0.1) is 19.4 Å². The van der Waals surface area contributed by atoms with Gasteiger partial charge >= 0.3 is 0 Å². The summed E-state index contributed by atoms with van der Waals surface area (Å²) >= 11 is 0. The predicted molar refractivity (Wildman–Crippen MR) is 115 cm³/mol. The lowest BCUT2D eigenvalue weighted by atomic mass is 10.1. The number of hydrogen-bond acceptors (Lipinski definition) is 5. The van der Waals surface area contributed by atoms with Gasteiger partial charge in [-0.3, -0.25) is 4.79 Å². The molecule has 6 heteroatoms. The molecule has 4 rings (SSSR count). The SMILES string of the molecule is O=C(COc1cccc2ccccc12)N/N=C/c1ccc(N2CCOCC2)cc1. The summed E-state index contributed by atoms with van der Waals surface area (Å²) in [5, 5.41) is 6.07. The molecule has 0 saturated carbocycles. The van der Waals surface area contributed by atoms with Gasteiger partial charge in [-0.25, -0.2) is 5.43 Å². The third kappa shape index (κ3) is 4.92. The van der Waals surface area contributed by atoms with Crippen molar-refractivity contribution >= 4 is 28.6 Å². The first kappa shape index (κ1) is 19.0. The number of nitrogens with zero attached hydrogens (tertiary/aromatic N) is 2. The van der Waals surface area contributed by atoms with Gasteiger partial charge in [0.2, 0.25) is 0 Å². The van der Waals surface area contributed by atoms with Crippen LogP contribution in [0.4, 0.5) is 5.69 Å². The molecule has 148 valence electrons. The Hall–Kier alpha value is -3.38. The molecule has 3 aromatic rings. The second-order valence-electron chi connectivity index (χ2n) is 6.75. The highest BCUT2D eigenvalue weighted by atomic mass is 16.5. The molecular formula is C23H23N3O3. The Morgan fingerprint density at radius 1 is 1.03 bits per heavy atom. The average Bonchev–Trinajstić information content (AvgIpc) is 2.79. The Balaban J connectivity index is 1.28. The average molecular weight is 389 g/mol. The molecule has 1 fully saturated rings. The smallest absolute Gasteiger partial charge is 0.277 e. The van der Waals surface area contributed by atoms with Gasteiger partial charge in [-0.15, -0.1) is 0 Å². The van der Waals surface area contributed by atoms with Crippen LogP contribution in [0.5, 0.6) is 5.75 Å². The van der Waals surface area contributed by atoms with Crippen LogP contribution in [0, 0.1) is 0 Å². The summed E-state index contributed by atoms with van der Waals surface area (Å²) in [5.41, 5.74) is 4.58. The van der Waals surface area contributed by atoms with Gasteiger partial charge < -0.3 is 14.4 Å². The Bertz CT molecular complexity index is 990. The van der Waals surface area contributed by atoms with Gasteiger partial charge in [-0.2, -0.15) is 5.10 Å². The first-order chi connectivity index (χ1) is 14.3. The summed E-state index contributed by atoms with van der Waals surface area (Å²) in [6.07, 6.45) is 1.62. The van der Waals surface area contributed by atoms with Crippen LogP contribution in [-0.4, -0.2) is 45.0 Å². The molecule has 0 spiro atoms. The van der Waals surface area contributed by atoms with Crippen LogP contribution in [-0.2, 0) is 9.53 Å². The number of fused-ring (bicyclic) bond motifs is 1. The van der Waals surface area contributed by atoms with Crippen LogP contribution in [0.3, 0.4) is 0 Å². The molecule has 3 aromatic carbocycles. The number of benzene rings is 3. The van der Waals surface area contributed by atoms with Crippen molar-refractivity contribution in [3.8, 4) is 5.75 Å². The molecule has 0 aromatic heterocycles. The third-order valence-corrected chi connectivity index (χ3v) is 4.78. The van der Waals surface area contributed by atoms with Crippen molar-refractivity contribution in [2.45, 2.75) is 0 Å². The lowest BCUT2D eigenvalue weighted by Gasteiger charge is -2.28. The first-order valence-corrected chi connectivity index (χ1v) is 9.65. The first-order valence-electron chi connectivity index (χ1n) is 9.65. The number of hydrazone groups is 1. The van der Waals surface area contributed by atoms with E-state index in [2.05, 4.69) is 27.6 Å². The molecule has 29 heavy (non-hydrogen) atoms. The Kier molecular flexibility index (Phi) is 6.02. The lowest BCUT2D eigenvalue weighted by molar-refractivity contribution is -0.123. The van der Waals surface area contributed by atoms with Crippen LogP contribution >= 0.6 is 0 Å². The minimum Gasteiger partial charge on any atom is -0.483 e. The molecular weight excluding hydrogens is 366 g/mol.